The van der Waals surface area contributed by atoms with Gasteiger partial charge in [0.2, 0.25) is 0 Å². The van der Waals surface area contributed by atoms with E-state index in [1.165, 1.54) is 11.1 Å². The van der Waals surface area contributed by atoms with Crippen molar-refractivity contribution < 1.29 is 4.79 Å². The van der Waals surface area contributed by atoms with E-state index in [1.807, 2.05) is 67.4 Å². The van der Waals surface area contributed by atoms with Crippen LogP contribution in [0.15, 0.2) is 60.9 Å². The quantitative estimate of drug-likeness (QED) is 0.712. The van der Waals surface area contributed by atoms with E-state index in [4.69, 9.17) is 0 Å². The first-order valence-corrected chi connectivity index (χ1v) is 8.41. The zero-order valence-electron chi connectivity index (χ0n) is 14.9. The molecule has 1 aromatic heterocycles. The monoisotopic (exact) mass is 333 g/mol. The van der Waals surface area contributed by atoms with Gasteiger partial charge in [0, 0.05) is 30.9 Å². The summed E-state index contributed by atoms with van der Waals surface area (Å²) >= 11 is 0. The first kappa shape index (κ1) is 17.0. The van der Waals surface area contributed by atoms with Crippen LogP contribution >= 0.6 is 0 Å². The summed E-state index contributed by atoms with van der Waals surface area (Å²) in [6.45, 7) is 5.35. The maximum Gasteiger partial charge on any atom is 0.253 e. The summed E-state index contributed by atoms with van der Waals surface area (Å²) in [4.78, 5) is 14.3. The number of nitrogens with zero attached hydrogens (tertiary/aromatic N) is 3. The highest BCUT2D eigenvalue weighted by Crippen LogP contribution is 2.13. The van der Waals surface area contributed by atoms with Crippen molar-refractivity contribution in [1.29, 1.82) is 0 Å². The lowest BCUT2D eigenvalue weighted by molar-refractivity contribution is 0.0785. The van der Waals surface area contributed by atoms with Crippen LogP contribution in [0.2, 0.25) is 0 Å². The highest BCUT2D eigenvalue weighted by Gasteiger charge is 2.13. The van der Waals surface area contributed by atoms with E-state index in [9.17, 15) is 4.79 Å². The molecule has 2 aromatic carbocycles. The van der Waals surface area contributed by atoms with Crippen molar-refractivity contribution in [2.24, 2.45) is 0 Å². The van der Waals surface area contributed by atoms with Crippen molar-refractivity contribution >= 4 is 5.91 Å². The van der Waals surface area contributed by atoms with Gasteiger partial charge >= 0.3 is 0 Å². The third kappa shape index (κ3) is 4.15. The molecule has 0 radical (unpaired) electrons. The molecule has 0 aliphatic heterocycles. The van der Waals surface area contributed by atoms with Crippen LogP contribution in [0.1, 0.15) is 32.6 Å². The number of rotatable bonds is 5. The SMILES string of the molecule is Cc1ccc(C(=O)N(C)Cc2cnn(Cc3ccccc3)c2)cc1C. The van der Waals surface area contributed by atoms with Gasteiger partial charge in [-0.15, -0.1) is 0 Å². The van der Waals surface area contributed by atoms with Crippen LogP contribution in [0.4, 0.5) is 0 Å². The molecule has 0 atom stereocenters. The van der Waals surface area contributed by atoms with Gasteiger partial charge in [-0.25, -0.2) is 0 Å². The third-order valence-corrected chi connectivity index (χ3v) is 4.39. The van der Waals surface area contributed by atoms with E-state index in [2.05, 4.69) is 24.2 Å². The summed E-state index contributed by atoms with van der Waals surface area (Å²) in [7, 11) is 1.83. The first-order chi connectivity index (χ1) is 12.0. The van der Waals surface area contributed by atoms with Crippen LogP contribution in [0, 0.1) is 13.8 Å². The second kappa shape index (κ2) is 7.34. The molecule has 0 aliphatic carbocycles. The Morgan fingerprint density at radius 2 is 1.80 bits per heavy atom. The molecule has 128 valence electrons. The molecule has 0 unspecified atom stereocenters. The lowest BCUT2D eigenvalue weighted by Crippen LogP contribution is -2.26. The second-order valence-corrected chi connectivity index (χ2v) is 6.49. The van der Waals surface area contributed by atoms with Crippen LogP contribution in [-0.2, 0) is 13.1 Å². The Morgan fingerprint density at radius 3 is 2.52 bits per heavy atom. The van der Waals surface area contributed by atoms with Crippen LogP contribution in [0.5, 0.6) is 0 Å². The number of hydrogen-bond donors (Lipinski definition) is 0. The number of carbonyl (C=O) groups excluding carboxylic acids is 1. The largest absolute Gasteiger partial charge is 0.337 e. The molecule has 3 rings (SSSR count). The average Bonchev–Trinajstić information content (AvgIpc) is 3.04. The van der Waals surface area contributed by atoms with Crippen LogP contribution in [-0.4, -0.2) is 27.6 Å². The van der Waals surface area contributed by atoms with Gasteiger partial charge in [0.05, 0.1) is 12.7 Å². The van der Waals surface area contributed by atoms with Gasteiger partial charge in [0.15, 0.2) is 0 Å². The fourth-order valence-electron chi connectivity index (χ4n) is 2.79. The maximum atomic E-state index is 12.6. The van der Waals surface area contributed by atoms with Gasteiger partial charge in [-0.2, -0.15) is 5.10 Å². The molecule has 0 saturated carbocycles. The Balaban J connectivity index is 1.65. The summed E-state index contributed by atoms with van der Waals surface area (Å²) in [5.41, 5.74) is 5.28. The van der Waals surface area contributed by atoms with Crippen molar-refractivity contribution in [3.8, 4) is 0 Å². The van der Waals surface area contributed by atoms with E-state index >= 15 is 0 Å². The zero-order chi connectivity index (χ0) is 17.8. The predicted molar refractivity (Wildman–Crippen MR) is 99.5 cm³/mol. The van der Waals surface area contributed by atoms with E-state index in [0.717, 1.165) is 23.2 Å². The summed E-state index contributed by atoms with van der Waals surface area (Å²) in [5.74, 6) is 0.0268. The minimum absolute atomic E-state index is 0.0268. The molecule has 1 amide bonds. The number of amides is 1. The molecule has 0 aliphatic rings. The predicted octanol–water partition coefficient (Wildman–Crippen LogP) is 3.82. The molecule has 0 spiro atoms. The minimum atomic E-state index is 0.0268. The minimum Gasteiger partial charge on any atom is -0.337 e. The molecule has 4 nitrogen and oxygen atoms in total. The topological polar surface area (TPSA) is 38.1 Å². The summed E-state index contributed by atoms with van der Waals surface area (Å²) < 4.78 is 1.90. The van der Waals surface area contributed by atoms with Crippen molar-refractivity contribution in [2.75, 3.05) is 7.05 Å². The molecule has 0 bridgehead atoms. The summed E-state index contributed by atoms with van der Waals surface area (Å²) in [6.07, 6.45) is 3.82. The Kier molecular flexibility index (Phi) is 4.98. The molecular weight excluding hydrogens is 310 g/mol. The van der Waals surface area contributed by atoms with Crippen LogP contribution < -0.4 is 0 Å². The number of benzene rings is 2. The molecule has 4 heteroatoms. The third-order valence-electron chi connectivity index (χ3n) is 4.39. The highest BCUT2D eigenvalue weighted by atomic mass is 16.2. The number of hydrogen-bond acceptors (Lipinski definition) is 2. The Hall–Kier alpha value is -2.88. The zero-order valence-corrected chi connectivity index (χ0v) is 14.9. The molecule has 25 heavy (non-hydrogen) atoms. The smallest absolute Gasteiger partial charge is 0.253 e. The van der Waals surface area contributed by atoms with E-state index < -0.39 is 0 Å². The van der Waals surface area contributed by atoms with Crippen molar-refractivity contribution in [3.63, 3.8) is 0 Å². The summed E-state index contributed by atoms with van der Waals surface area (Å²) in [6, 6.07) is 16.0. The normalized spacial score (nSPS) is 10.7. The average molecular weight is 333 g/mol. The Labute approximate surface area is 148 Å². The Bertz CT molecular complexity index is 868. The van der Waals surface area contributed by atoms with E-state index in [1.54, 1.807) is 4.90 Å². The number of aromatic nitrogens is 2. The molecular formula is C21H23N3O. The molecule has 0 saturated heterocycles. The highest BCUT2D eigenvalue weighted by molar-refractivity contribution is 5.94. The summed E-state index contributed by atoms with van der Waals surface area (Å²) in [5, 5.41) is 4.40. The molecule has 0 N–H and O–H groups in total. The van der Waals surface area contributed by atoms with Gasteiger partial charge < -0.3 is 4.90 Å². The molecule has 3 aromatic rings. The van der Waals surface area contributed by atoms with Crippen LogP contribution in [0.3, 0.4) is 0 Å². The Morgan fingerprint density at radius 1 is 1.04 bits per heavy atom. The number of carbonyl (C=O) groups is 1. The molecule has 0 fully saturated rings. The first-order valence-electron chi connectivity index (χ1n) is 8.41. The fourth-order valence-corrected chi connectivity index (χ4v) is 2.79. The standard InChI is InChI=1S/C21H23N3O/c1-16-9-10-20(11-17(16)2)21(25)23(3)13-19-12-22-24(15-19)14-18-7-5-4-6-8-18/h4-12,15H,13-14H2,1-3H3. The fraction of sp³-hybridized carbons (Fsp3) is 0.238. The van der Waals surface area contributed by atoms with Crippen LogP contribution in [0.25, 0.3) is 0 Å². The molecule has 1 heterocycles. The number of aryl methyl sites for hydroxylation is 2. The van der Waals surface area contributed by atoms with E-state index in [-0.39, 0.29) is 5.91 Å². The van der Waals surface area contributed by atoms with Gasteiger partial charge in [0.25, 0.3) is 5.91 Å². The lowest BCUT2D eigenvalue weighted by Gasteiger charge is -2.17. The van der Waals surface area contributed by atoms with Gasteiger partial charge in [0.1, 0.15) is 0 Å². The van der Waals surface area contributed by atoms with Gasteiger partial charge in [-0.1, -0.05) is 36.4 Å². The maximum absolute atomic E-state index is 12.6. The van der Waals surface area contributed by atoms with Crippen molar-refractivity contribution in [3.05, 3.63) is 88.7 Å². The van der Waals surface area contributed by atoms with Crippen molar-refractivity contribution in [1.82, 2.24) is 14.7 Å². The lowest BCUT2D eigenvalue weighted by atomic mass is 10.1. The van der Waals surface area contributed by atoms with Crippen molar-refractivity contribution in [2.45, 2.75) is 26.9 Å². The van der Waals surface area contributed by atoms with Gasteiger partial charge in [-0.3, -0.25) is 9.48 Å². The van der Waals surface area contributed by atoms with E-state index in [0.29, 0.717) is 6.54 Å². The van der Waals surface area contributed by atoms with Gasteiger partial charge in [-0.05, 0) is 42.7 Å². The second-order valence-electron chi connectivity index (χ2n) is 6.49.